The van der Waals surface area contributed by atoms with E-state index in [-0.39, 0.29) is 18.3 Å². The second-order valence-electron chi connectivity index (χ2n) is 4.25. The van der Waals surface area contributed by atoms with E-state index in [1.807, 2.05) is 0 Å². The minimum Gasteiger partial charge on any atom is -0.373 e. The first-order chi connectivity index (χ1) is 8.27. The molecule has 1 amide bonds. The van der Waals surface area contributed by atoms with Gasteiger partial charge in [0.1, 0.15) is 0 Å². The molecule has 1 unspecified atom stereocenters. The van der Waals surface area contributed by atoms with Crippen LogP contribution in [0.2, 0.25) is 0 Å². The number of amides is 1. The van der Waals surface area contributed by atoms with Crippen LogP contribution in [0.3, 0.4) is 0 Å². The standard InChI is InChI=1S/C11H19NO5/c1-8-10(16-7-6-14-8)11(13)12-17-9-4-2-3-5-15-9/h8-10H,2-7H2,1H3,(H,12,13)/t8-,9?,10-/m0/s1. The molecule has 98 valence electrons. The minimum absolute atomic E-state index is 0.250. The topological polar surface area (TPSA) is 66.0 Å². The van der Waals surface area contributed by atoms with E-state index in [0.717, 1.165) is 19.3 Å². The summed E-state index contributed by atoms with van der Waals surface area (Å²) in [6.45, 7) is 3.44. The number of hydrogen-bond acceptors (Lipinski definition) is 5. The molecule has 6 heteroatoms. The number of rotatable bonds is 3. The highest BCUT2D eigenvalue weighted by molar-refractivity contribution is 5.80. The van der Waals surface area contributed by atoms with Crippen LogP contribution in [0.15, 0.2) is 0 Å². The summed E-state index contributed by atoms with van der Waals surface area (Å²) >= 11 is 0. The summed E-state index contributed by atoms with van der Waals surface area (Å²) in [7, 11) is 0. The molecule has 6 nitrogen and oxygen atoms in total. The number of hydrogen-bond donors (Lipinski definition) is 1. The Bertz CT molecular complexity index is 254. The molecule has 2 saturated heterocycles. The summed E-state index contributed by atoms with van der Waals surface area (Å²) in [5.74, 6) is -0.314. The summed E-state index contributed by atoms with van der Waals surface area (Å²) in [4.78, 5) is 16.9. The third-order valence-electron chi connectivity index (χ3n) is 2.88. The van der Waals surface area contributed by atoms with Gasteiger partial charge in [-0.15, -0.1) is 0 Å². The van der Waals surface area contributed by atoms with E-state index in [0.29, 0.717) is 19.8 Å². The molecule has 2 aliphatic rings. The summed E-state index contributed by atoms with van der Waals surface area (Å²) in [6, 6.07) is 0. The minimum atomic E-state index is -0.604. The van der Waals surface area contributed by atoms with Crippen molar-refractivity contribution in [2.24, 2.45) is 0 Å². The largest absolute Gasteiger partial charge is 0.373 e. The zero-order chi connectivity index (χ0) is 12.1. The van der Waals surface area contributed by atoms with Crippen LogP contribution in [0, 0.1) is 0 Å². The van der Waals surface area contributed by atoms with Crippen LogP contribution >= 0.6 is 0 Å². The van der Waals surface area contributed by atoms with Gasteiger partial charge in [0, 0.05) is 13.0 Å². The molecule has 0 aromatic carbocycles. The molecule has 3 atom stereocenters. The Hall–Kier alpha value is -0.690. The van der Waals surface area contributed by atoms with Gasteiger partial charge in [0.2, 0.25) is 0 Å². The number of nitrogens with one attached hydrogen (secondary N) is 1. The third kappa shape index (κ3) is 3.64. The van der Waals surface area contributed by atoms with Gasteiger partial charge in [-0.25, -0.2) is 10.3 Å². The quantitative estimate of drug-likeness (QED) is 0.727. The summed E-state index contributed by atoms with van der Waals surface area (Å²) in [5, 5.41) is 0. The number of carbonyl (C=O) groups is 1. The maximum Gasteiger partial charge on any atom is 0.275 e. The van der Waals surface area contributed by atoms with Crippen molar-refractivity contribution in [3.8, 4) is 0 Å². The van der Waals surface area contributed by atoms with Gasteiger partial charge in [0.05, 0.1) is 19.3 Å². The lowest BCUT2D eigenvalue weighted by atomic mass is 10.2. The maximum absolute atomic E-state index is 11.8. The van der Waals surface area contributed by atoms with Crippen molar-refractivity contribution in [2.75, 3.05) is 19.8 Å². The fourth-order valence-corrected chi connectivity index (χ4v) is 1.91. The second-order valence-corrected chi connectivity index (χ2v) is 4.25. The third-order valence-corrected chi connectivity index (χ3v) is 2.88. The molecule has 0 aromatic rings. The number of ether oxygens (including phenoxy) is 3. The van der Waals surface area contributed by atoms with Gasteiger partial charge in [-0.3, -0.25) is 4.79 Å². The van der Waals surface area contributed by atoms with Gasteiger partial charge in [-0.05, 0) is 19.8 Å². The SMILES string of the molecule is C[C@@H]1OCCO[C@@H]1C(=O)NOC1CCCCO1. The first kappa shape index (κ1) is 12.8. The van der Waals surface area contributed by atoms with Gasteiger partial charge < -0.3 is 14.2 Å². The van der Waals surface area contributed by atoms with E-state index in [4.69, 9.17) is 19.0 Å². The monoisotopic (exact) mass is 245 g/mol. The average Bonchev–Trinajstić information content (AvgIpc) is 2.38. The Balaban J connectivity index is 1.72. The van der Waals surface area contributed by atoms with E-state index < -0.39 is 6.10 Å². The van der Waals surface area contributed by atoms with Crippen LogP contribution in [0.1, 0.15) is 26.2 Å². The first-order valence-electron chi connectivity index (χ1n) is 6.07. The number of hydroxylamine groups is 1. The molecule has 0 spiro atoms. The fourth-order valence-electron chi connectivity index (χ4n) is 1.91. The van der Waals surface area contributed by atoms with Gasteiger partial charge in [-0.1, -0.05) is 0 Å². The number of carbonyl (C=O) groups excluding carboxylic acids is 1. The van der Waals surface area contributed by atoms with Crippen molar-refractivity contribution in [3.63, 3.8) is 0 Å². The lowest BCUT2D eigenvalue weighted by Crippen LogP contribution is -2.48. The van der Waals surface area contributed by atoms with E-state index >= 15 is 0 Å². The fraction of sp³-hybridized carbons (Fsp3) is 0.909. The van der Waals surface area contributed by atoms with E-state index in [1.165, 1.54) is 0 Å². The second kappa shape index (κ2) is 6.30. The van der Waals surface area contributed by atoms with Gasteiger partial charge >= 0.3 is 0 Å². The Kier molecular flexibility index (Phi) is 4.73. The highest BCUT2D eigenvalue weighted by Gasteiger charge is 2.30. The Morgan fingerprint density at radius 3 is 2.71 bits per heavy atom. The first-order valence-corrected chi connectivity index (χ1v) is 6.07. The molecule has 2 aliphatic heterocycles. The van der Waals surface area contributed by atoms with Gasteiger partial charge in [0.15, 0.2) is 12.4 Å². The highest BCUT2D eigenvalue weighted by atomic mass is 16.8. The smallest absolute Gasteiger partial charge is 0.275 e. The van der Waals surface area contributed by atoms with Crippen LogP contribution in [0.25, 0.3) is 0 Å². The molecule has 2 rings (SSSR count). The van der Waals surface area contributed by atoms with Crippen molar-refractivity contribution >= 4 is 5.91 Å². The van der Waals surface area contributed by atoms with Crippen LogP contribution < -0.4 is 5.48 Å². The molecule has 2 fully saturated rings. The van der Waals surface area contributed by atoms with Crippen LogP contribution in [-0.4, -0.2) is 44.2 Å². The van der Waals surface area contributed by atoms with Crippen LogP contribution in [0.4, 0.5) is 0 Å². The van der Waals surface area contributed by atoms with E-state index in [9.17, 15) is 4.79 Å². The highest BCUT2D eigenvalue weighted by Crippen LogP contribution is 2.13. The van der Waals surface area contributed by atoms with E-state index in [2.05, 4.69) is 5.48 Å². The zero-order valence-electron chi connectivity index (χ0n) is 10.0. The molecule has 2 heterocycles. The van der Waals surface area contributed by atoms with Crippen molar-refractivity contribution < 1.29 is 23.8 Å². The summed E-state index contributed by atoms with van der Waals surface area (Å²) < 4.78 is 16.0. The lowest BCUT2D eigenvalue weighted by molar-refractivity contribution is -0.212. The molecular formula is C11H19NO5. The van der Waals surface area contributed by atoms with Crippen molar-refractivity contribution in [3.05, 3.63) is 0 Å². The van der Waals surface area contributed by atoms with Gasteiger partial charge in [-0.2, -0.15) is 0 Å². The van der Waals surface area contributed by atoms with Crippen molar-refractivity contribution in [1.29, 1.82) is 0 Å². The predicted molar refractivity (Wildman–Crippen MR) is 58.0 cm³/mol. The molecule has 0 aliphatic carbocycles. The van der Waals surface area contributed by atoms with E-state index in [1.54, 1.807) is 6.92 Å². The Morgan fingerprint density at radius 1 is 1.18 bits per heavy atom. The predicted octanol–water partition coefficient (Wildman–Crippen LogP) is 0.365. The molecular weight excluding hydrogens is 226 g/mol. The maximum atomic E-state index is 11.8. The molecule has 17 heavy (non-hydrogen) atoms. The zero-order valence-corrected chi connectivity index (χ0v) is 10.0. The van der Waals surface area contributed by atoms with Gasteiger partial charge in [0.25, 0.3) is 5.91 Å². The summed E-state index contributed by atoms with van der Waals surface area (Å²) in [6.07, 6.45) is 1.71. The molecule has 0 saturated carbocycles. The average molecular weight is 245 g/mol. The normalized spacial score (nSPS) is 34.3. The molecule has 0 radical (unpaired) electrons. The summed E-state index contributed by atoms with van der Waals surface area (Å²) in [5.41, 5.74) is 2.38. The molecule has 0 aromatic heterocycles. The molecule has 0 bridgehead atoms. The Labute approximate surface area is 100 Å². The van der Waals surface area contributed by atoms with Crippen LogP contribution in [-0.2, 0) is 23.8 Å². The lowest BCUT2D eigenvalue weighted by Gasteiger charge is -2.29. The van der Waals surface area contributed by atoms with Crippen LogP contribution in [0.5, 0.6) is 0 Å². The van der Waals surface area contributed by atoms with Crippen molar-refractivity contribution in [1.82, 2.24) is 5.48 Å². The molecule has 1 N–H and O–H groups in total. The Morgan fingerprint density at radius 2 is 2.00 bits per heavy atom. The van der Waals surface area contributed by atoms with Crippen molar-refractivity contribution in [2.45, 2.75) is 44.7 Å².